The maximum absolute atomic E-state index is 12.9. The summed E-state index contributed by atoms with van der Waals surface area (Å²) in [5.74, 6) is -0.311. The highest BCUT2D eigenvalue weighted by molar-refractivity contribution is 5.10. The molecular weight excluding hydrogens is 257 g/mol. The van der Waals surface area contributed by atoms with Crippen molar-refractivity contribution in [1.82, 2.24) is 15.2 Å². The number of rotatable bonds is 9. The third-order valence-corrected chi connectivity index (χ3v) is 3.12. The van der Waals surface area contributed by atoms with Crippen LogP contribution in [0.25, 0.3) is 0 Å². The number of halogens is 1. The van der Waals surface area contributed by atoms with E-state index in [0.717, 1.165) is 31.6 Å². The fraction of sp³-hybridized carbons (Fsp3) is 0.667. The maximum atomic E-state index is 12.9. The second-order valence-corrected chi connectivity index (χ2v) is 5.31. The number of hydrogen-bond donors (Lipinski definition) is 2. The van der Waals surface area contributed by atoms with Gasteiger partial charge in [0.1, 0.15) is 5.82 Å². The number of pyridine rings is 1. The van der Waals surface area contributed by atoms with Crippen LogP contribution >= 0.6 is 0 Å². The Bertz CT molecular complexity index is 370. The molecule has 1 aromatic heterocycles. The van der Waals surface area contributed by atoms with Crippen LogP contribution in [0.15, 0.2) is 18.3 Å². The maximum Gasteiger partial charge on any atom is 0.141 e. The average molecular weight is 283 g/mol. The van der Waals surface area contributed by atoms with Crippen LogP contribution in [0.3, 0.4) is 0 Å². The summed E-state index contributed by atoms with van der Waals surface area (Å²) < 4.78 is 12.9. The largest absolute Gasteiger partial charge is 0.392 e. The first kappa shape index (κ1) is 17.0. The summed E-state index contributed by atoms with van der Waals surface area (Å²) in [7, 11) is 1.99. The van der Waals surface area contributed by atoms with E-state index in [1.54, 1.807) is 13.0 Å². The molecule has 5 heteroatoms. The molecule has 1 heterocycles. The minimum absolute atomic E-state index is 0.118. The highest BCUT2D eigenvalue weighted by Crippen LogP contribution is 2.15. The van der Waals surface area contributed by atoms with Crippen LogP contribution < -0.4 is 5.32 Å². The van der Waals surface area contributed by atoms with E-state index < -0.39 is 0 Å². The Hall–Kier alpha value is -1.04. The highest BCUT2D eigenvalue weighted by Gasteiger charge is 2.13. The van der Waals surface area contributed by atoms with Crippen molar-refractivity contribution in [3.63, 3.8) is 0 Å². The van der Waals surface area contributed by atoms with Crippen LogP contribution in [0.2, 0.25) is 0 Å². The third-order valence-electron chi connectivity index (χ3n) is 3.12. The SMILES string of the molecule is CCCNC(CCN(C)CC(C)O)c1ccc(F)cn1. The smallest absolute Gasteiger partial charge is 0.141 e. The van der Waals surface area contributed by atoms with Gasteiger partial charge in [-0.1, -0.05) is 6.92 Å². The topological polar surface area (TPSA) is 48.4 Å². The normalized spacial score (nSPS) is 14.5. The van der Waals surface area contributed by atoms with Crippen molar-refractivity contribution in [2.75, 3.05) is 26.7 Å². The third kappa shape index (κ3) is 6.41. The predicted molar refractivity (Wildman–Crippen MR) is 79.0 cm³/mol. The van der Waals surface area contributed by atoms with Crippen molar-refractivity contribution in [2.24, 2.45) is 0 Å². The van der Waals surface area contributed by atoms with E-state index in [2.05, 4.69) is 22.1 Å². The van der Waals surface area contributed by atoms with Gasteiger partial charge in [0.2, 0.25) is 0 Å². The van der Waals surface area contributed by atoms with Gasteiger partial charge in [-0.15, -0.1) is 0 Å². The molecule has 0 amide bonds. The molecule has 0 aliphatic heterocycles. The number of aromatic nitrogens is 1. The molecule has 114 valence electrons. The van der Waals surface area contributed by atoms with Gasteiger partial charge in [0.25, 0.3) is 0 Å². The monoisotopic (exact) mass is 283 g/mol. The summed E-state index contributed by atoms with van der Waals surface area (Å²) >= 11 is 0. The molecule has 0 bridgehead atoms. The number of hydrogen-bond acceptors (Lipinski definition) is 4. The Labute approximate surface area is 121 Å². The van der Waals surface area contributed by atoms with Gasteiger partial charge in [-0.05, 0) is 52.0 Å². The molecule has 0 aromatic carbocycles. The lowest BCUT2D eigenvalue weighted by Crippen LogP contribution is -2.32. The highest BCUT2D eigenvalue weighted by atomic mass is 19.1. The molecule has 2 unspecified atom stereocenters. The predicted octanol–water partition coefficient (Wildman–Crippen LogP) is 1.96. The second-order valence-electron chi connectivity index (χ2n) is 5.31. The van der Waals surface area contributed by atoms with E-state index in [1.807, 2.05) is 7.05 Å². The van der Waals surface area contributed by atoms with E-state index in [-0.39, 0.29) is 18.0 Å². The van der Waals surface area contributed by atoms with Crippen molar-refractivity contribution in [3.05, 3.63) is 29.8 Å². The van der Waals surface area contributed by atoms with E-state index >= 15 is 0 Å². The molecule has 2 atom stereocenters. The first-order valence-electron chi connectivity index (χ1n) is 7.24. The van der Waals surface area contributed by atoms with Gasteiger partial charge in [-0.2, -0.15) is 0 Å². The van der Waals surface area contributed by atoms with Gasteiger partial charge in [0.05, 0.1) is 24.0 Å². The van der Waals surface area contributed by atoms with Crippen molar-refractivity contribution in [3.8, 4) is 0 Å². The minimum atomic E-state index is -0.328. The lowest BCUT2D eigenvalue weighted by molar-refractivity contribution is 0.138. The Morgan fingerprint density at radius 3 is 2.75 bits per heavy atom. The second kappa shape index (κ2) is 9.00. The molecule has 2 N–H and O–H groups in total. The summed E-state index contributed by atoms with van der Waals surface area (Å²) in [6.45, 7) is 6.30. The first-order chi connectivity index (χ1) is 9.52. The van der Waals surface area contributed by atoms with Crippen molar-refractivity contribution in [1.29, 1.82) is 0 Å². The molecule has 0 aliphatic rings. The van der Waals surface area contributed by atoms with E-state index in [4.69, 9.17) is 0 Å². The summed E-state index contributed by atoms with van der Waals surface area (Å²) in [6.07, 6.45) is 2.85. The lowest BCUT2D eigenvalue weighted by atomic mass is 10.1. The van der Waals surface area contributed by atoms with E-state index in [0.29, 0.717) is 6.54 Å². The molecule has 4 nitrogen and oxygen atoms in total. The summed E-state index contributed by atoms with van der Waals surface area (Å²) in [6, 6.07) is 3.30. The molecule has 20 heavy (non-hydrogen) atoms. The molecule has 0 fully saturated rings. The first-order valence-corrected chi connectivity index (χ1v) is 7.24. The van der Waals surface area contributed by atoms with Gasteiger partial charge in [-0.25, -0.2) is 4.39 Å². The minimum Gasteiger partial charge on any atom is -0.392 e. The summed E-state index contributed by atoms with van der Waals surface area (Å²) in [5.41, 5.74) is 0.866. The van der Waals surface area contributed by atoms with E-state index in [9.17, 15) is 9.50 Å². The van der Waals surface area contributed by atoms with Crippen molar-refractivity contribution < 1.29 is 9.50 Å². The van der Waals surface area contributed by atoms with Crippen LogP contribution in [-0.2, 0) is 0 Å². The van der Waals surface area contributed by atoms with Gasteiger partial charge >= 0.3 is 0 Å². The number of likely N-dealkylation sites (N-methyl/N-ethyl adjacent to an activating group) is 1. The molecule has 0 spiro atoms. The molecule has 1 rings (SSSR count). The molecule has 1 aromatic rings. The summed E-state index contributed by atoms with van der Waals surface area (Å²) in [5, 5.41) is 12.8. The van der Waals surface area contributed by atoms with Gasteiger partial charge < -0.3 is 15.3 Å². The Morgan fingerprint density at radius 1 is 1.45 bits per heavy atom. The van der Waals surface area contributed by atoms with Gasteiger partial charge in [0.15, 0.2) is 0 Å². The molecular formula is C15H26FN3O. The van der Waals surface area contributed by atoms with Crippen LogP contribution in [0.1, 0.15) is 38.4 Å². The fourth-order valence-corrected chi connectivity index (χ4v) is 2.16. The average Bonchev–Trinajstić information content (AvgIpc) is 2.39. The van der Waals surface area contributed by atoms with Crippen LogP contribution in [0.4, 0.5) is 4.39 Å². The zero-order valence-electron chi connectivity index (χ0n) is 12.6. The van der Waals surface area contributed by atoms with Crippen LogP contribution in [-0.4, -0.2) is 47.8 Å². The molecule has 0 saturated carbocycles. The Kier molecular flexibility index (Phi) is 7.65. The summed E-state index contributed by atoms with van der Waals surface area (Å²) in [4.78, 5) is 6.26. The van der Waals surface area contributed by atoms with Gasteiger partial charge in [0, 0.05) is 6.54 Å². The lowest BCUT2D eigenvalue weighted by Gasteiger charge is -2.23. The van der Waals surface area contributed by atoms with Gasteiger partial charge in [-0.3, -0.25) is 4.98 Å². The molecule has 0 saturated heterocycles. The van der Waals surface area contributed by atoms with Crippen LogP contribution in [0, 0.1) is 5.82 Å². The Balaban J connectivity index is 2.57. The quantitative estimate of drug-likeness (QED) is 0.727. The number of nitrogens with one attached hydrogen (secondary N) is 1. The Morgan fingerprint density at radius 2 is 2.20 bits per heavy atom. The number of aliphatic hydroxyl groups excluding tert-OH is 1. The number of aliphatic hydroxyl groups is 1. The number of nitrogens with zero attached hydrogens (tertiary/aromatic N) is 2. The van der Waals surface area contributed by atoms with E-state index in [1.165, 1.54) is 12.3 Å². The van der Waals surface area contributed by atoms with Crippen LogP contribution in [0.5, 0.6) is 0 Å². The standard InChI is InChI=1S/C15H26FN3O/c1-4-8-17-15(7-9-19(3)11-12(2)20)14-6-5-13(16)10-18-14/h5-6,10,12,15,17,20H,4,7-9,11H2,1-3H3. The fourth-order valence-electron chi connectivity index (χ4n) is 2.16. The van der Waals surface area contributed by atoms with Crippen molar-refractivity contribution in [2.45, 2.75) is 38.8 Å². The molecule has 0 radical (unpaired) electrons. The van der Waals surface area contributed by atoms with Crippen molar-refractivity contribution >= 4 is 0 Å². The zero-order valence-corrected chi connectivity index (χ0v) is 12.6. The zero-order chi connectivity index (χ0) is 15.0. The molecule has 0 aliphatic carbocycles.